The maximum Gasteiger partial charge on any atom is 0.262 e. The standard InChI is InChI=1S/C14H16FN3O2S/c15-10-1-2-12-11(9-10)13(19)18(14(21)16-12)4-3-17-5-7-20-8-6-17/h1-2,9-10H,3-8H2. The van der Waals surface area contributed by atoms with Crippen LogP contribution in [0.15, 0.2) is 28.8 Å². The van der Waals surface area contributed by atoms with Gasteiger partial charge in [-0.25, -0.2) is 9.38 Å². The minimum absolute atomic E-state index is 0.252. The molecule has 1 amide bonds. The molecule has 0 spiro atoms. The molecule has 0 N–H and O–H groups in total. The van der Waals surface area contributed by atoms with Gasteiger partial charge in [-0.2, -0.15) is 0 Å². The Morgan fingerprint density at radius 3 is 2.90 bits per heavy atom. The molecule has 0 aromatic rings. The van der Waals surface area contributed by atoms with Crippen LogP contribution < -0.4 is 0 Å². The van der Waals surface area contributed by atoms with Gasteiger partial charge in [0.15, 0.2) is 0 Å². The average molecular weight is 309 g/mol. The van der Waals surface area contributed by atoms with E-state index in [-0.39, 0.29) is 11.0 Å². The predicted molar refractivity (Wildman–Crippen MR) is 81.1 cm³/mol. The first-order valence-electron chi connectivity index (χ1n) is 6.94. The number of nitrogens with zero attached hydrogens (tertiary/aromatic N) is 3. The minimum atomic E-state index is -1.24. The lowest BCUT2D eigenvalue weighted by atomic mass is 10.00. The quantitative estimate of drug-likeness (QED) is 0.721. The van der Waals surface area contributed by atoms with Gasteiger partial charge in [0.2, 0.25) is 5.11 Å². The summed E-state index contributed by atoms with van der Waals surface area (Å²) in [5.41, 5.74) is 0.766. The Morgan fingerprint density at radius 2 is 2.14 bits per heavy atom. The van der Waals surface area contributed by atoms with Gasteiger partial charge in [-0.3, -0.25) is 14.6 Å². The van der Waals surface area contributed by atoms with Crippen molar-refractivity contribution in [1.29, 1.82) is 0 Å². The van der Waals surface area contributed by atoms with Gasteiger partial charge in [0, 0.05) is 26.2 Å². The zero-order chi connectivity index (χ0) is 14.8. The molecule has 112 valence electrons. The van der Waals surface area contributed by atoms with Crippen LogP contribution in [0.25, 0.3) is 0 Å². The number of rotatable bonds is 3. The molecule has 0 bridgehead atoms. The van der Waals surface area contributed by atoms with Gasteiger partial charge in [0.25, 0.3) is 5.91 Å². The summed E-state index contributed by atoms with van der Waals surface area (Å²) in [6.45, 7) is 4.29. The monoisotopic (exact) mass is 309 g/mol. The van der Waals surface area contributed by atoms with Crippen LogP contribution >= 0.6 is 12.2 Å². The number of halogens is 1. The smallest absolute Gasteiger partial charge is 0.262 e. The fourth-order valence-electron chi connectivity index (χ4n) is 2.51. The number of hydrogen-bond donors (Lipinski definition) is 0. The number of allylic oxidation sites excluding steroid dienone is 3. The van der Waals surface area contributed by atoms with Crippen LogP contribution in [-0.4, -0.2) is 72.1 Å². The zero-order valence-corrected chi connectivity index (χ0v) is 12.3. The number of ether oxygens (including phenoxy) is 1. The molecule has 0 aromatic heterocycles. The molecular weight excluding hydrogens is 293 g/mol. The van der Waals surface area contributed by atoms with E-state index >= 15 is 0 Å². The lowest BCUT2D eigenvalue weighted by molar-refractivity contribution is -0.123. The molecule has 1 unspecified atom stereocenters. The van der Waals surface area contributed by atoms with Gasteiger partial charge in [0.1, 0.15) is 6.17 Å². The summed E-state index contributed by atoms with van der Waals surface area (Å²) in [6, 6.07) is 0. The van der Waals surface area contributed by atoms with Crippen molar-refractivity contribution in [1.82, 2.24) is 9.80 Å². The van der Waals surface area contributed by atoms with E-state index in [1.54, 1.807) is 0 Å². The highest BCUT2D eigenvalue weighted by atomic mass is 32.1. The SMILES string of the molecule is O=C1C2=CC(F)C=CC2=NC(=S)N1CCN1CCOCC1. The summed E-state index contributed by atoms with van der Waals surface area (Å²) in [5, 5.41) is 0.252. The summed E-state index contributed by atoms with van der Waals surface area (Å²) < 4.78 is 18.7. The summed E-state index contributed by atoms with van der Waals surface area (Å²) in [5.74, 6) is -0.259. The van der Waals surface area contributed by atoms with Crippen molar-refractivity contribution in [2.75, 3.05) is 39.4 Å². The van der Waals surface area contributed by atoms with Crippen LogP contribution in [0.4, 0.5) is 4.39 Å². The number of thiocarbonyl (C=S) groups is 1. The molecule has 0 aromatic carbocycles. The predicted octanol–water partition coefficient (Wildman–Crippen LogP) is 0.721. The van der Waals surface area contributed by atoms with E-state index in [9.17, 15) is 9.18 Å². The summed E-state index contributed by atoms with van der Waals surface area (Å²) in [7, 11) is 0. The Morgan fingerprint density at radius 1 is 1.38 bits per heavy atom. The van der Waals surface area contributed by atoms with Crippen LogP contribution in [0.2, 0.25) is 0 Å². The number of fused-ring (bicyclic) bond motifs is 1. The summed E-state index contributed by atoms with van der Waals surface area (Å²) in [6.07, 6.45) is 2.94. The van der Waals surface area contributed by atoms with E-state index in [1.807, 2.05) is 0 Å². The molecule has 2 heterocycles. The molecule has 21 heavy (non-hydrogen) atoms. The van der Waals surface area contributed by atoms with Crippen LogP contribution in [0.5, 0.6) is 0 Å². The summed E-state index contributed by atoms with van der Waals surface area (Å²) >= 11 is 5.19. The van der Waals surface area contributed by atoms with Crippen molar-refractivity contribution in [3.63, 3.8) is 0 Å². The van der Waals surface area contributed by atoms with Crippen molar-refractivity contribution in [3.8, 4) is 0 Å². The van der Waals surface area contributed by atoms with Gasteiger partial charge in [-0.05, 0) is 30.4 Å². The molecule has 5 nitrogen and oxygen atoms in total. The molecule has 0 saturated carbocycles. The fraction of sp³-hybridized carbons (Fsp3) is 0.500. The lowest BCUT2D eigenvalue weighted by Gasteiger charge is -2.32. The Kier molecular flexibility index (Phi) is 4.23. The molecule has 3 aliphatic rings. The average Bonchev–Trinajstić information content (AvgIpc) is 2.49. The Labute approximate surface area is 127 Å². The van der Waals surface area contributed by atoms with Crippen LogP contribution in [0.3, 0.4) is 0 Å². The van der Waals surface area contributed by atoms with Crippen molar-refractivity contribution in [3.05, 3.63) is 23.8 Å². The van der Waals surface area contributed by atoms with E-state index < -0.39 is 6.17 Å². The maximum atomic E-state index is 13.4. The Balaban J connectivity index is 1.70. The zero-order valence-electron chi connectivity index (χ0n) is 11.5. The molecule has 1 atom stereocenters. The first-order chi connectivity index (χ1) is 10.1. The van der Waals surface area contributed by atoms with Crippen molar-refractivity contribution in [2.24, 2.45) is 4.99 Å². The van der Waals surface area contributed by atoms with Crippen LogP contribution in [-0.2, 0) is 9.53 Å². The molecular formula is C14H16FN3O2S. The molecule has 1 saturated heterocycles. The van der Waals surface area contributed by atoms with Gasteiger partial charge in [-0.15, -0.1) is 0 Å². The van der Waals surface area contributed by atoms with Crippen LogP contribution in [0, 0.1) is 0 Å². The molecule has 1 fully saturated rings. The number of hydrogen-bond acceptors (Lipinski definition) is 4. The third-order valence-corrected chi connectivity index (χ3v) is 4.02. The summed E-state index contributed by atoms with van der Waals surface area (Å²) in [4.78, 5) is 20.3. The molecule has 3 rings (SSSR count). The number of aliphatic imine (C=N–C) groups is 1. The molecule has 7 heteroatoms. The van der Waals surface area contributed by atoms with Gasteiger partial charge in [-0.1, -0.05) is 0 Å². The second-order valence-corrected chi connectivity index (χ2v) is 5.44. The number of morpholine rings is 1. The van der Waals surface area contributed by atoms with Crippen LogP contribution in [0.1, 0.15) is 0 Å². The number of amides is 1. The number of carbonyl (C=O) groups is 1. The Bertz CT molecular complexity index is 552. The van der Waals surface area contributed by atoms with Gasteiger partial charge in [0.05, 0.1) is 24.5 Å². The van der Waals surface area contributed by atoms with Gasteiger partial charge < -0.3 is 4.74 Å². The first kappa shape index (κ1) is 14.5. The van der Waals surface area contributed by atoms with Gasteiger partial charge >= 0.3 is 0 Å². The highest BCUT2D eigenvalue weighted by Crippen LogP contribution is 2.20. The van der Waals surface area contributed by atoms with Crippen molar-refractivity contribution < 1.29 is 13.9 Å². The van der Waals surface area contributed by atoms with E-state index in [4.69, 9.17) is 17.0 Å². The second-order valence-electron chi connectivity index (χ2n) is 5.07. The van der Waals surface area contributed by atoms with E-state index in [0.717, 1.165) is 13.1 Å². The largest absolute Gasteiger partial charge is 0.379 e. The second kappa shape index (κ2) is 6.13. The third-order valence-electron chi connectivity index (χ3n) is 3.71. The number of carbonyl (C=O) groups excluding carboxylic acids is 1. The molecule has 1 aliphatic carbocycles. The number of alkyl halides is 1. The highest BCUT2D eigenvalue weighted by Gasteiger charge is 2.31. The van der Waals surface area contributed by atoms with E-state index in [0.29, 0.717) is 37.6 Å². The Hall–Kier alpha value is -1.44. The fourth-order valence-corrected chi connectivity index (χ4v) is 2.78. The van der Waals surface area contributed by atoms with Crippen molar-refractivity contribution >= 4 is 28.9 Å². The topological polar surface area (TPSA) is 45.1 Å². The van der Waals surface area contributed by atoms with E-state index in [2.05, 4.69) is 9.89 Å². The molecule has 0 radical (unpaired) electrons. The first-order valence-corrected chi connectivity index (χ1v) is 7.35. The van der Waals surface area contributed by atoms with Crippen molar-refractivity contribution in [2.45, 2.75) is 6.17 Å². The van der Waals surface area contributed by atoms with E-state index in [1.165, 1.54) is 23.1 Å². The normalized spacial score (nSPS) is 26.5. The maximum absolute atomic E-state index is 13.4. The lowest BCUT2D eigenvalue weighted by Crippen LogP contribution is -2.47. The highest BCUT2D eigenvalue weighted by molar-refractivity contribution is 7.80. The third kappa shape index (κ3) is 3.09. The minimum Gasteiger partial charge on any atom is -0.379 e. The molecule has 2 aliphatic heterocycles.